The molecule has 3 heterocycles. The first-order valence-corrected chi connectivity index (χ1v) is 7.40. The third kappa shape index (κ3) is 3.14. The van der Waals surface area contributed by atoms with Crippen LogP contribution in [0.4, 0.5) is 0 Å². The zero-order chi connectivity index (χ0) is 13.1. The number of hydrogen-bond acceptors (Lipinski definition) is 4. The van der Waals surface area contributed by atoms with Gasteiger partial charge < -0.3 is 5.73 Å². The average molecular weight is 260 g/mol. The maximum Gasteiger partial charge on any atom is 0.0271 e. The summed E-state index contributed by atoms with van der Waals surface area (Å²) in [5.41, 5.74) is 7.15. The molecule has 2 fully saturated rings. The van der Waals surface area contributed by atoms with Gasteiger partial charge in [0.15, 0.2) is 0 Å². The van der Waals surface area contributed by atoms with E-state index in [0.717, 1.165) is 25.0 Å². The Morgan fingerprint density at radius 1 is 1.16 bits per heavy atom. The Labute approximate surface area is 115 Å². The topological polar surface area (TPSA) is 45.4 Å². The van der Waals surface area contributed by atoms with Crippen molar-refractivity contribution in [2.24, 2.45) is 11.7 Å². The summed E-state index contributed by atoms with van der Waals surface area (Å²) in [6, 6.07) is 4.99. The predicted octanol–water partition coefficient (Wildman–Crippen LogP) is 0.936. The molecule has 2 unspecified atom stereocenters. The summed E-state index contributed by atoms with van der Waals surface area (Å²) in [6.45, 7) is 6.80. The van der Waals surface area contributed by atoms with E-state index in [-0.39, 0.29) is 0 Å². The molecule has 2 N–H and O–H groups in total. The lowest BCUT2D eigenvalue weighted by Gasteiger charge is -2.24. The van der Waals surface area contributed by atoms with E-state index in [1.54, 1.807) is 0 Å². The summed E-state index contributed by atoms with van der Waals surface area (Å²) in [5.74, 6) is 0.731. The maximum absolute atomic E-state index is 5.78. The third-order valence-electron chi connectivity index (χ3n) is 4.57. The first kappa shape index (κ1) is 13.0. The Morgan fingerprint density at radius 2 is 2.00 bits per heavy atom. The van der Waals surface area contributed by atoms with Crippen molar-refractivity contribution in [1.29, 1.82) is 0 Å². The van der Waals surface area contributed by atoms with Gasteiger partial charge >= 0.3 is 0 Å². The van der Waals surface area contributed by atoms with Gasteiger partial charge in [-0.15, -0.1) is 0 Å². The van der Waals surface area contributed by atoms with Crippen LogP contribution in [0.15, 0.2) is 24.5 Å². The van der Waals surface area contributed by atoms with Crippen molar-refractivity contribution >= 4 is 0 Å². The lowest BCUT2D eigenvalue weighted by Crippen LogP contribution is -2.36. The van der Waals surface area contributed by atoms with Crippen LogP contribution in [0.5, 0.6) is 0 Å². The van der Waals surface area contributed by atoms with Gasteiger partial charge in [-0.05, 0) is 49.5 Å². The molecule has 4 nitrogen and oxygen atoms in total. The molecular formula is C15H24N4. The van der Waals surface area contributed by atoms with Gasteiger partial charge in [0.25, 0.3) is 0 Å². The summed E-state index contributed by atoms with van der Waals surface area (Å²) < 4.78 is 0. The van der Waals surface area contributed by atoms with Gasteiger partial charge in [0.2, 0.25) is 0 Å². The molecule has 104 valence electrons. The van der Waals surface area contributed by atoms with Crippen LogP contribution in [0.25, 0.3) is 0 Å². The molecular weight excluding hydrogens is 236 g/mol. The Morgan fingerprint density at radius 3 is 2.74 bits per heavy atom. The average Bonchev–Trinajstić information content (AvgIpc) is 3.08. The first-order valence-electron chi connectivity index (χ1n) is 7.40. The molecule has 2 aliphatic heterocycles. The normalized spacial score (nSPS) is 29.1. The molecule has 1 aromatic heterocycles. The fourth-order valence-electron chi connectivity index (χ4n) is 3.39. The number of nitrogens with two attached hydrogens (primary N) is 1. The van der Waals surface area contributed by atoms with E-state index in [2.05, 4.69) is 26.9 Å². The zero-order valence-electron chi connectivity index (χ0n) is 11.5. The molecule has 1 aromatic rings. The molecule has 0 aromatic carbocycles. The molecule has 0 radical (unpaired) electrons. The fourth-order valence-corrected chi connectivity index (χ4v) is 3.39. The first-order chi connectivity index (χ1) is 9.35. The molecule has 0 spiro atoms. The standard InChI is InChI=1S/C15H24N4/c16-9-14-3-8-19(11-14)15-4-7-18(12-15)10-13-1-5-17-6-2-13/h1-2,5-6,14-15H,3-4,7-12,16H2. The van der Waals surface area contributed by atoms with Crippen LogP contribution < -0.4 is 5.73 Å². The minimum atomic E-state index is 0.731. The Kier molecular flexibility index (Phi) is 4.11. The Bertz CT molecular complexity index is 394. The van der Waals surface area contributed by atoms with Crippen LogP contribution in [-0.2, 0) is 6.54 Å². The molecule has 3 rings (SSSR count). The third-order valence-corrected chi connectivity index (χ3v) is 4.57. The number of likely N-dealkylation sites (tertiary alicyclic amines) is 2. The highest BCUT2D eigenvalue weighted by Crippen LogP contribution is 2.24. The number of hydrogen-bond donors (Lipinski definition) is 1. The molecule has 2 aliphatic rings. The molecule has 0 aliphatic carbocycles. The Hall–Kier alpha value is -0.970. The molecule has 2 atom stereocenters. The number of rotatable bonds is 4. The summed E-state index contributed by atoms with van der Waals surface area (Å²) in [6.07, 6.45) is 6.37. The highest BCUT2D eigenvalue weighted by atomic mass is 15.3. The van der Waals surface area contributed by atoms with Crippen LogP contribution in [0, 0.1) is 5.92 Å². The zero-order valence-corrected chi connectivity index (χ0v) is 11.5. The van der Waals surface area contributed by atoms with Crippen LogP contribution >= 0.6 is 0 Å². The van der Waals surface area contributed by atoms with Gasteiger partial charge in [-0.25, -0.2) is 0 Å². The van der Waals surface area contributed by atoms with Crippen LogP contribution in [0.3, 0.4) is 0 Å². The maximum atomic E-state index is 5.78. The molecule has 2 saturated heterocycles. The number of aromatic nitrogens is 1. The van der Waals surface area contributed by atoms with Gasteiger partial charge in [-0.3, -0.25) is 14.8 Å². The second-order valence-corrected chi connectivity index (χ2v) is 5.92. The monoisotopic (exact) mass is 260 g/mol. The molecule has 0 bridgehead atoms. The highest BCUT2D eigenvalue weighted by Gasteiger charge is 2.32. The van der Waals surface area contributed by atoms with E-state index < -0.39 is 0 Å². The second kappa shape index (κ2) is 5.99. The SMILES string of the molecule is NCC1CCN(C2CCN(Cc3ccncc3)C2)C1. The van der Waals surface area contributed by atoms with Gasteiger partial charge in [0.05, 0.1) is 0 Å². The van der Waals surface area contributed by atoms with Crippen molar-refractivity contribution in [3.05, 3.63) is 30.1 Å². The van der Waals surface area contributed by atoms with Crippen LogP contribution in [-0.4, -0.2) is 53.5 Å². The van der Waals surface area contributed by atoms with Gasteiger partial charge in [0, 0.05) is 44.6 Å². The lowest BCUT2D eigenvalue weighted by atomic mass is 10.1. The van der Waals surface area contributed by atoms with E-state index in [1.165, 1.54) is 44.6 Å². The van der Waals surface area contributed by atoms with Crippen molar-refractivity contribution in [2.45, 2.75) is 25.4 Å². The largest absolute Gasteiger partial charge is 0.330 e. The quantitative estimate of drug-likeness (QED) is 0.875. The summed E-state index contributed by atoms with van der Waals surface area (Å²) in [7, 11) is 0. The van der Waals surface area contributed by atoms with E-state index in [0.29, 0.717) is 0 Å². The molecule has 19 heavy (non-hydrogen) atoms. The lowest BCUT2D eigenvalue weighted by molar-refractivity contribution is 0.223. The minimum Gasteiger partial charge on any atom is -0.330 e. The van der Waals surface area contributed by atoms with Gasteiger partial charge in [-0.1, -0.05) is 0 Å². The fraction of sp³-hybridized carbons (Fsp3) is 0.667. The summed E-state index contributed by atoms with van der Waals surface area (Å²) in [5, 5.41) is 0. The number of pyridine rings is 1. The van der Waals surface area contributed by atoms with Crippen molar-refractivity contribution in [3.63, 3.8) is 0 Å². The van der Waals surface area contributed by atoms with E-state index in [4.69, 9.17) is 5.73 Å². The van der Waals surface area contributed by atoms with Crippen molar-refractivity contribution < 1.29 is 0 Å². The van der Waals surface area contributed by atoms with Crippen molar-refractivity contribution in [3.8, 4) is 0 Å². The highest BCUT2D eigenvalue weighted by molar-refractivity contribution is 5.09. The summed E-state index contributed by atoms with van der Waals surface area (Å²) >= 11 is 0. The van der Waals surface area contributed by atoms with E-state index >= 15 is 0 Å². The van der Waals surface area contributed by atoms with Crippen molar-refractivity contribution in [1.82, 2.24) is 14.8 Å². The van der Waals surface area contributed by atoms with Crippen LogP contribution in [0.2, 0.25) is 0 Å². The van der Waals surface area contributed by atoms with E-state index in [1.807, 2.05) is 12.4 Å². The van der Waals surface area contributed by atoms with Crippen LogP contribution in [0.1, 0.15) is 18.4 Å². The van der Waals surface area contributed by atoms with E-state index in [9.17, 15) is 0 Å². The minimum absolute atomic E-state index is 0.731. The smallest absolute Gasteiger partial charge is 0.0271 e. The summed E-state index contributed by atoms with van der Waals surface area (Å²) in [4.78, 5) is 9.30. The Balaban J connectivity index is 1.50. The molecule has 0 amide bonds. The van der Waals surface area contributed by atoms with Gasteiger partial charge in [0.1, 0.15) is 0 Å². The predicted molar refractivity (Wildman–Crippen MR) is 76.7 cm³/mol. The molecule has 0 saturated carbocycles. The molecule has 4 heteroatoms. The van der Waals surface area contributed by atoms with Gasteiger partial charge in [-0.2, -0.15) is 0 Å². The second-order valence-electron chi connectivity index (χ2n) is 5.92. The van der Waals surface area contributed by atoms with Crippen molar-refractivity contribution in [2.75, 3.05) is 32.7 Å². The number of nitrogens with zero attached hydrogens (tertiary/aromatic N) is 3.